The molecule has 6 nitrogen and oxygen atoms in total. The van der Waals surface area contributed by atoms with Crippen molar-refractivity contribution in [2.75, 3.05) is 30.3 Å². The van der Waals surface area contributed by atoms with Gasteiger partial charge in [0, 0.05) is 38.5 Å². The number of rotatable bonds is 9. The maximum Gasteiger partial charge on any atom is 0.216 e. The number of anilines is 2. The van der Waals surface area contributed by atoms with Gasteiger partial charge in [-0.25, -0.2) is 9.97 Å². The monoisotopic (exact) mass is 293 g/mol. The molecule has 1 rings (SSSR count). The largest absolute Gasteiger partial charge is 0.370 e. The van der Waals surface area contributed by atoms with Crippen molar-refractivity contribution in [3.05, 3.63) is 11.4 Å². The fourth-order valence-corrected chi connectivity index (χ4v) is 1.91. The minimum absolute atomic E-state index is 0.0202. The first-order valence-corrected chi connectivity index (χ1v) is 7.68. The normalized spacial score (nSPS) is 10.3. The highest BCUT2D eigenvalue weighted by Crippen LogP contribution is 2.20. The van der Waals surface area contributed by atoms with Gasteiger partial charge < -0.3 is 16.0 Å². The molecule has 0 saturated carbocycles. The smallest absolute Gasteiger partial charge is 0.216 e. The van der Waals surface area contributed by atoms with Gasteiger partial charge in [0.15, 0.2) is 0 Å². The zero-order valence-electron chi connectivity index (χ0n) is 13.5. The van der Waals surface area contributed by atoms with Gasteiger partial charge in [-0.2, -0.15) is 0 Å². The lowest BCUT2D eigenvalue weighted by Gasteiger charge is -2.15. The molecule has 0 bridgehead atoms. The molecule has 0 saturated heterocycles. The number of hydrogen-bond acceptors (Lipinski definition) is 5. The number of carbonyl (C=O) groups excluding carboxylic acids is 1. The molecule has 3 N–H and O–H groups in total. The van der Waals surface area contributed by atoms with E-state index in [-0.39, 0.29) is 5.91 Å². The molecule has 118 valence electrons. The summed E-state index contributed by atoms with van der Waals surface area (Å²) in [6.45, 7) is 9.90. The average Bonchev–Trinajstić information content (AvgIpc) is 2.44. The molecule has 6 heteroatoms. The van der Waals surface area contributed by atoms with Crippen molar-refractivity contribution in [3.8, 4) is 0 Å². The van der Waals surface area contributed by atoms with Crippen LogP contribution in [0.5, 0.6) is 0 Å². The van der Waals surface area contributed by atoms with E-state index in [1.807, 2.05) is 6.92 Å². The number of nitrogens with one attached hydrogen (secondary N) is 3. The summed E-state index contributed by atoms with van der Waals surface area (Å²) in [4.78, 5) is 20.0. The van der Waals surface area contributed by atoms with E-state index in [1.165, 1.54) is 6.92 Å². The minimum Gasteiger partial charge on any atom is -0.370 e. The van der Waals surface area contributed by atoms with Crippen molar-refractivity contribution in [2.24, 2.45) is 0 Å². The summed E-state index contributed by atoms with van der Waals surface area (Å²) in [6.07, 6.45) is 2.93. The van der Waals surface area contributed by atoms with Gasteiger partial charge in [0.2, 0.25) is 5.91 Å². The first-order valence-electron chi connectivity index (χ1n) is 7.68. The van der Waals surface area contributed by atoms with E-state index in [2.05, 4.69) is 39.8 Å². The zero-order valence-corrected chi connectivity index (χ0v) is 13.5. The third-order valence-corrected chi connectivity index (χ3v) is 3.00. The molecule has 1 heterocycles. The maximum absolute atomic E-state index is 10.9. The van der Waals surface area contributed by atoms with E-state index < -0.39 is 0 Å². The van der Waals surface area contributed by atoms with Gasteiger partial charge in [-0.05, 0) is 19.8 Å². The molecule has 0 radical (unpaired) electrons. The molecule has 0 aliphatic rings. The Bertz CT molecular complexity index is 462. The van der Waals surface area contributed by atoms with Gasteiger partial charge >= 0.3 is 0 Å². The van der Waals surface area contributed by atoms with Crippen LogP contribution in [0.4, 0.5) is 11.6 Å². The maximum atomic E-state index is 10.9. The highest BCUT2D eigenvalue weighted by molar-refractivity contribution is 5.72. The van der Waals surface area contributed by atoms with Crippen molar-refractivity contribution in [2.45, 2.75) is 47.0 Å². The zero-order chi connectivity index (χ0) is 15.7. The Kier molecular flexibility index (Phi) is 7.50. The first kappa shape index (κ1) is 17.2. The number of hydrogen-bond donors (Lipinski definition) is 3. The molecular weight excluding hydrogens is 266 g/mol. The Morgan fingerprint density at radius 1 is 1.00 bits per heavy atom. The van der Waals surface area contributed by atoms with E-state index in [4.69, 9.17) is 0 Å². The van der Waals surface area contributed by atoms with Gasteiger partial charge in [0.1, 0.15) is 17.5 Å². The van der Waals surface area contributed by atoms with E-state index in [9.17, 15) is 4.79 Å². The van der Waals surface area contributed by atoms with Crippen LogP contribution in [0.1, 0.15) is 45.0 Å². The van der Waals surface area contributed by atoms with E-state index in [1.54, 1.807) is 0 Å². The van der Waals surface area contributed by atoms with Crippen LogP contribution >= 0.6 is 0 Å². The van der Waals surface area contributed by atoms with Crippen LogP contribution in [0.3, 0.4) is 0 Å². The summed E-state index contributed by atoms with van der Waals surface area (Å²) in [6, 6.07) is 0. The highest BCUT2D eigenvalue weighted by atomic mass is 16.1. The Morgan fingerprint density at radius 2 is 1.62 bits per heavy atom. The van der Waals surface area contributed by atoms with Crippen molar-refractivity contribution in [3.63, 3.8) is 0 Å². The second-order valence-corrected chi connectivity index (χ2v) is 5.05. The Morgan fingerprint density at radius 3 is 2.14 bits per heavy atom. The molecule has 0 atom stereocenters. The molecule has 0 aromatic carbocycles. The average molecular weight is 293 g/mol. The Labute approximate surface area is 127 Å². The van der Waals surface area contributed by atoms with Crippen LogP contribution < -0.4 is 16.0 Å². The molecule has 0 aliphatic carbocycles. The lowest BCUT2D eigenvalue weighted by atomic mass is 10.2. The summed E-state index contributed by atoms with van der Waals surface area (Å²) >= 11 is 0. The second-order valence-electron chi connectivity index (χ2n) is 5.05. The molecule has 0 spiro atoms. The van der Waals surface area contributed by atoms with Crippen LogP contribution in [0, 0.1) is 6.92 Å². The number of nitrogens with zero attached hydrogens (tertiary/aromatic N) is 2. The van der Waals surface area contributed by atoms with Crippen molar-refractivity contribution < 1.29 is 4.79 Å². The predicted molar refractivity (Wildman–Crippen MR) is 86.7 cm³/mol. The quantitative estimate of drug-likeness (QED) is 0.608. The number of amides is 1. The van der Waals surface area contributed by atoms with Gasteiger partial charge in [0.05, 0.1) is 0 Å². The van der Waals surface area contributed by atoms with Gasteiger partial charge in [-0.3, -0.25) is 4.79 Å². The highest BCUT2D eigenvalue weighted by Gasteiger charge is 2.10. The summed E-state index contributed by atoms with van der Waals surface area (Å²) in [5.41, 5.74) is 1.02. The topological polar surface area (TPSA) is 78.9 Å². The molecule has 1 aromatic heterocycles. The summed E-state index contributed by atoms with van der Waals surface area (Å²) in [5.74, 6) is 2.58. The van der Waals surface area contributed by atoms with Crippen LogP contribution in [0.25, 0.3) is 0 Å². The fourth-order valence-electron chi connectivity index (χ4n) is 1.91. The summed E-state index contributed by atoms with van der Waals surface area (Å²) in [7, 11) is 0. The second kappa shape index (κ2) is 9.15. The molecule has 0 fully saturated rings. The van der Waals surface area contributed by atoms with Crippen molar-refractivity contribution >= 4 is 17.5 Å². The lowest BCUT2D eigenvalue weighted by Crippen LogP contribution is -2.26. The van der Waals surface area contributed by atoms with Gasteiger partial charge in [-0.15, -0.1) is 0 Å². The van der Waals surface area contributed by atoms with E-state index in [0.29, 0.717) is 13.1 Å². The number of carbonyl (C=O) groups is 1. The van der Waals surface area contributed by atoms with E-state index >= 15 is 0 Å². The summed E-state index contributed by atoms with van der Waals surface area (Å²) in [5, 5.41) is 9.39. The molecule has 0 aliphatic heterocycles. The molecule has 0 unspecified atom stereocenters. The lowest BCUT2D eigenvalue weighted by molar-refractivity contribution is -0.118. The Balaban J connectivity index is 2.78. The Hall–Kier alpha value is -1.85. The van der Waals surface area contributed by atoms with Gasteiger partial charge in [0.25, 0.3) is 0 Å². The molecule has 1 aromatic rings. The van der Waals surface area contributed by atoms with E-state index in [0.717, 1.165) is 48.8 Å². The fraction of sp³-hybridized carbons (Fsp3) is 0.667. The first-order chi connectivity index (χ1) is 10.1. The standard InChI is InChI=1S/C15H27N5O/c1-5-7-13-19-14(17-8-6-2)11(3)15(20-13)18-10-9-16-12(4)21/h5-10H2,1-4H3,(H,16,21)(H2,17,18,19,20). The number of aromatic nitrogens is 2. The van der Waals surface area contributed by atoms with Crippen LogP contribution in [-0.4, -0.2) is 35.5 Å². The van der Waals surface area contributed by atoms with Crippen molar-refractivity contribution in [1.82, 2.24) is 15.3 Å². The molecular formula is C15H27N5O. The number of aryl methyl sites for hydroxylation is 1. The SMILES string of the molecule is CCCNc1nc(CCC)nc(NCCNC(C)=O)c1C. The third-order valence-electron chi connectivity index (χ3n) is 3.00. The summed E-state index contributed by atoms with van der Waals surface area (Å²) < 4.78 is 0. The predicted octanol–water partition coefficient (Wildman–Crippen LogP) is 2.11. The molecule has 21 heavy (non-hydrogen) atoms. The molecule has 1 amide bonds. The minimum atomic E-state index is -0.0202. The van der Waals surface area contributed by atoms with Crippen molar-refractivity contribution in [1.29, 1.82) is 0 Å². The van der Waals surface area contributed by atoms with Crippen LogP contribution in [0.15, 0.2) is 0 Å². The van der Waals surface area contributed by atoms with Crippen LogP contribution in [-0.2, 0) is 11.2 Å². The third kappa shape index (κ3) is 5.97. The van der Waals surface area contributed by atoms with Gasteiger partial charge in [-0.1, -0.05) is 13.8 Å². The van der Waals surface area contributed by atoms with Crippen LogP contribution in [0.2, 0.25) is 0 Å².